The topological polar surface area (TPSA) is 197 Å². The average molecular weight is 805 g/mol. The molecule has 0 aromatic rings. The molecule has 12 heteroatoms. The minimum absolute atomic E-state index is 0.132. The smallest absolute Gasteiger partial charge is 0.330 e. The normalized spacial score (nSPS) is 46.2. The zero-order chi connectivity index (χ0) is 43.2. The van der Waals surface area contributed by atoms with Gasteiger partial charge in [-0.1, -0.05) is 92.7 Å². The van der Waals surface area contributed by atoms with Crippen molar-refractivity contribution in [2.24, 2.45) is 53.3 Å². The molecule has 1 spiro atoms. The summed E-state index contributed by atoms with van der Waals surface area (Å²) in [5, 5.41) is 55.0. The fourth-order valence-electron chi connectivity index (χ4n) is 8.91. The molecular weight excluding hydrogens is 732 g/mol. The highest BCUT2D eigenvalue weighted by Crippen LogP contribution is 2.47. The van der Waals surface area contributed by atoms with E-state index < -0.39 is 107 Å². The van der Waals surface area contributed by atoms with Crippen LogP contribution in [0, 0.1) is 53.3 Å². The molecule has 0 aliphatic carbocycles. The first kappa shape index (κ1) is 48.8. The van der Waals surface area contributed by atoms with Crippen molar-refractivity contribution in [1.82, 2.24) is 0 Å². The van der Waals surface area contributed by atoms with Crippen molar-refractivity contribution in [2.45, 2.75) is 169 Å². The lowest BCUT2D eigenvalue weighted by molar-refractivity contribution is -0.344. The highest BCUT2D eigenvalue weighted by atomic mass is 16.7. The number of rotatable bonds is 3. The number of carbonyl (C=O) groups is 4. The van der Waals surface area contributed by atoms with E-state index in [1.807, 2.05) is 32.1 Å². The second-order valence-electron chi connectivity index (χ2n) is 17.9. The van der Waals surface area contributed by atoms with E-state index in [1.54, 1.807) is 27.7 Å². The van der Waals surface area contributed by atoms with Gasteiger partial charge >= 0.3 is 5.97 Å². The number of ether oxygens (including phenoxy) is 3. The Morgan fingerprint density at radius 1 is 0.842 bits per heavy atom. The third-order valence-electron chi connectivity index (χ3n) is 13.2. The fraction of sp³-hybridized carbons (Fsp3) is 0.778. The van der Waals surface area contributed by atoms with E-state index in [0.29, 0.717) is 25.7 Å². The average Bonchev–Trinajstić information content (AvgIpc) is 3.16. The Hall–Kier alpha value is -2.58. The maximum absolute atomic E-state index is 14.0. The first-order valence-corrected chi connectivity index (χ1v) is 21.1. The van der Waals surface area contributed by atoms with Gasteiger partial charge in [0.05, 0.1) is 42.5 Å². The van der Waals surface area contributed by atoms with Crippen LogP contribution in [0.2, 0.25) is 0 Å². The lowest BCUT2D eigenvalue weighted by Gasteiger charge is -2.54. The van der Waals surface area contributed by atoms with E-state index in [-0.39, 0.29) is 30.0 Å². The van der Waals surface area contributed by atoms with Crippen molar-refractivity contribution < 1.29 is 58.9 Å². The van der Waals surface area contributed by atoms with Crippen molar-refractivity contribution in [1.29, 1.82) is 0 Å². The standard InChI is InChI=1S/C45H72O12/c1-12-33-17-15-13-14-16-25(3)42(52)44(11,54)43(53)31(9)40(51)30(8)39(50)29(7)38(49)24(2)18-21-37(48)55-41-28(6)34(20-19-33)56-45(32(41)10)36(47)22-26(4)35(57-45)23-27(5)46/h13-15,17-18,21,24-35,38,40-42,46,49,51-52,54H,12,16,19-20,22-23H2,1-11H3/b14-13-,17-15+,21-18+/t24-,25+,26-,27+,28+,29-,30-,31-,32-,33-,34-,35-,38+,40+,41+,42-,44+,45+/m1/s1. The van der Waals surface area contributed by atoms with Crippen molar-refractivity contribution >= 4 is 23.3 Å². The van der Waals surface area contributed by atoms with Crippen molar-refractivity contribution in [3.63, 3.8) is 0 Å². The van der Waals surface area contributed by atoms with Crippen LogP contribution in [0.4, 0.5) is 0 Å². The van der Waals surface area contributed by atoms with Gasteiger partial charge < -0.3 is 39.7 Å². The quantitative estimate of drug-likeness (QED) is 0.238. The lowest BCUT2D eigenvalue weighted by atomic mass is 9.74. The summed E-state index contributed by atoms with van der Waals surface area (Å²) in [5.74, 6) is -9.55. The number of allylic oxidation sites excluding steroid dienone is 4. The minimum Gasteiger partial charge on any atom is -0.458 e. The number of aliphatic hydroxyl groups is 5. The maximum atomic E-state index is 14.0. The molecule has 2 fully saturated rings. The molecule has 0 aromatic carbocycles. The number of Topliss-reactive ketones (excluding diaryl/α,β-unsaturated/α-hetero) is 3. The zero-order valence-electron chi connectivity index (χ0n) is 36.0. The van der Waals surface area contributed by atoms with Crippen LogP contribution in [0.1, 0.15) is 115 Å². The Morgan fingerprint density at radius 3 is 2.09 bits per heavy atom. The van der Waals surface area contributed by atoms with Crippen molar-refractivity contribution in [3.05, 3.63) is 36.5 Å². The summed E-state index contributed by atoms with van der Waals surface area (Å²) in [5.41, 5.74) is -2.21. The summed E-state index contributed by atoms with van der Waals surface area (Å²) in [6, 6.07) is 0. The Kier molecular flexibility index (Phi) is 17.6. The summed E-state index contributed by atoms with van der Waals surface area (Å²) in [6.07, 6.45) is 6.53. The molecule has 3 aliphatic rings. The second kappa shape index (κ2) is 20.6. The van der Waals surface area contributed by atoms with E-state index in [0.717, 1.165) is 6.42 Å². The Balaban J connectivity index is 2.02. The predicted molar refractivity (Wildman–Crippen MR) is 215 cm³/mol. The third kappa shape index (κ3) is 11.4. The molecule has 0 amide bonds. The summed E-state index contributed by atoms with van der Waals surface area (Å²) >= 11 is 0. The molecule has 3 rings (SSSR count). The molecule has 3 heterocycles. The van der Waals surface area contributed by atoms with Gasteiger partial charge in [-0.05, 0) is 63.7 Å². The van der Waals surface area contributed by atoms with Crippen LogP contribution in [0.5, 0.6) is 0 Å². The van der Waals surface area contributed by atoms with Crippen LogP contribution in [-0.2, 0) is 33.4 Å². The van der Waals surface area contributed by atoms with Crippen LogP contribution in [0.3, 0.4) is 0 Å². The summed E-state index contributed by atoms with van der Waals surface area (Å²) in [4.78, 5) is 54.5. The van der Waals surface area contributed by atoms with Gasteiger partial charge in [-0.25, -0.2) is 4.79 Å². The molecule has 0 unspecified atom stereocenters. The van der Waals surface area contributed by atoms with E-state index in [1.165, 1.54) is 39.8 Å². The van der Waals surface area contributed by atoms with Gasteiger partial charge in [0, 0.05) is 42.1 Å². The highest BCUT2D eigenvalue weighted by molar-refractivity contribution is 5.91. The van der Waals surface area contributed by atoms with Gasteiger partial charge in [0.15, 0.2) is 11.6 Å². The summed E-state index contributed by atoms with van der Waals surface area (Å²) in [7, 11) is 0. The summed E-state index contributed by atoms with van der Waals surface area (Å²) in [6.45, 7) is 18.3. The van der Waals surface area contributed by atoms with Gasteiger partial charge in [-0.2, -0.15) is 0 Å². The van der Waals surface area contributed by atoms with Crippen molar-refractivity contribution in [3.8, 4) is 0 Å². The lowest BCUT2D eigenvalue weighted by Crippen LogP contribution is -2.66. The fourth-order valence-corrected chi connectivity index (χ4v) is 8.91. The SMILES string of the molecule is CC[C@@H]1/C=C/C=C\C[C@H](C)[C@@H](O)[C@](C)(O)C(=O)[C@H](C)[C@@H](O)[C@H](C)C(=O)[C@H](C)[C@@H](O)[C@H](C)/C=C/C(=O)O[C@H]2[C@@H](C)[C@@H](CC1)O[C@]1(O[C@H](C[C@H](C)O)[C@H](C)CC1=O)[C@@H]2C. The molecule has 18 atom stereocenters. The van der Waals surface area contributed by atoms with E-state index in [2.05, 4.69) is 13.0 Å². The van der Waals surface area contributed by atoms with Gasteiger partial charge in [-0.15, -0.1) is 0 Å². The largest absolute Gasteiger partial charge is 0.458 e. The number of hydrogen-bond donors (Lipinski definition) is 5. The molecule has 5 N–H and O–H groups in total. The van der Waals surface area contributed by atoms with Gasteiger partial charge in [-0.3, -0.25) is 14.4 Å². The zero-order valence-corrected chi connectivity index (χ0v) is 36.0. The molecule has 0 radical (unpaired) electrons. The molecule has 324 valence electrons. The van der Waals surface area contributed by atoms with Crippen LogP contribution in [0.15, 0.2) is 36.5 Å². The number of ketones is 3. The number of carbonyl (C=O) groups excluding carboxylic acids is 4. The Bertz CT molecular complexity index is 1470. The van der Waals surface area contributed by atoms with Crippen molar-refractivity contribution in [2.75, 3.05) is 0 Å². The molecule has 3 aliphatic heterocycles. The number of hydrogen-bond acceptors (Lipinski definition) is 12. The molecule has 2 saturated heterocycles. The summed E-state index contributed by atoms with van der Waals surface area (Å²) < 4.78 is 19.4. The van der Waals surface area contributed by atoms with Crippen LogP contribution in [-0.4, -0.2) is 103 Å². The third-order valence-corrected chi connectivity index (χ3v) is 13.2. The van der Waals surface area contributed by atoms with Gasteiger partial charge in [0.1, 0.15) is 17.5 Å². The number of esters is 1. The number of fused-ring (bicyclic) bond motifs is 2. The molecule has 0 aromatic heterocycles. The molecule has 57 heavy (non-hydrogen) atoms. The Morgan fingerprint density at radius 2 is 1.47 bits per heavy atom. The molecule has 2 bridgehead atoms. The first-order valence-electron chi connectivity index (χ1n) is 21.1. The van der Waals surface area contributed by atoms with E-state index in [4.69, 9.17) is 14.2 Å². The minimum atomic E-state index is -2.21. The van der Waals surface area contributed by atoms with E-state index in [9.17, 15) is 44.7 Å². The van der Waals surface area contributed by atoms with Crippen LogP contribution >= 0.6 is 0 Å². The highest BCUT2D eigenvalue weighted by Gasteiger charge is 2.61. The maximum Gasteiger partial charge on any atom is 0.330 e. The second-order valence-corrected chi connectivity index (χ2v) is 17.9. The Labute approximate surface area is 340 Å². The van der Waals surface area contributed by atoms with Crippen LogP contribution in [0.25, 0.3) is 0 Å². The predicted octanol–water partition coefficient (Wildman–Crippen LogP) is 5.06. The van der Waals surface area contributed by atoms with E-state index >= 15 is 0 Å². The van der Waals surface area contributed by atoms with Crippen LogP contribution < -0.4 is 0 Å². The van der Waals surface area contributed by atoms with Gasteiger partial charge in [0.25, 0.3) is 0 Å². The molecular formula is C45H72O12. The van der Waals surface area contributed by atoms with Gasteiger partial charge in [0.2, 0.25) is 5.79 Å². The molecule has 12 nitrogen and oxygen atoms in total. The first-order chi connectivity index (χ1) is 26.5. The monoisotopic (exact) mass is 805 g/mol. The number of aliphatic hydroxyl groups excluding tert-OH is 4. The molecule has 0 saturated carbocycles.